The van der Waals surface area contributed by atoms with E-state index < -0.39 is 47.4 Å². The molecule has 2 fully saturated rings. The number of nitrogens with two attached hydrogens (primary N) is 1. The Morgan fingerprint density at radius 1 is 1.24 bits per heavy atom. The fourth-order valence-electron chi connectivity index (χ4n) is 4.36. The second kappa shape index (κ2) is 6.48. The first-order chi connectivity index (χ1) is 13.6. The number of aryl methyl sites for hydroxylation is 1. The van der Waals surface area contributed by atoms with Gasteiger partial charge in [-0.1, -0.05) is 0 Å². The molecule has 1 aromatic heterocycles. The van der Waals surface area contributed by atoms with Gasteiger partial charge in [-0.3, -0.25) is 14.3 Å². The third-order valence-electron chi connectivity index (χ3n) is 5.90. The first-order valence-electron chi connectivity index (χ1n) is 9.27. The minimum Gasteiger partial charge on any atom is -0.504 e. The number of halogens is 4. The summed E-state index contributed by atoms with van der Waals surface area (Å²) in [4.78, 5) is 27.9. The molecule has 7 nitrogen and oxygen atoms in total. The summed E-state index contributed by atoms with van der Waals surface area (Å²) in [6.07, 6.45) is -3.17. The number of phenols is 1. The number of hydrogen-bond donors (Lipinski definition) is 3. The summed E-state index contributed by atoms with van der Waals surface area (Å²) < 4.78 is 56.5. The average Bonchev–Trinajstić information content (AvgIpc) is 3.36. The Morgan fingerprint density at radius 3 is 2.41 bits per heavy atom. The second-order valence-electron chi connectivity index (χ2n) is 7.77. The minimum atomic E-state index is -4.50. The number of hydrogen-bond acceptors (Lipinski definition) is 5. The number of aromatic amines is 1. The van der Waals surface area contributed by atoms with Crippen LogP contribution in [0.5, 0.6) is 5.75 Å². The summed E-state index contributed by atoms with van der Waals surface area (Å²) in [6.45, 7) is 0.537. The standard InChI is InChI=1S/C18H20F4N4O3/c1-7-13-11(16(28)24-17(29)26(13)9-2-3-9)15(27)12(19)14(7)25-5-8(4-23)10(6-25)18(20,21)22/h8-10,27H,2-6,23H2,1H3,(H,24,28,29). The van der Waals surface area contributed by atoms with Gasteiger partial charge in [0.2, 0.25) is 0 Å². The SMILES string of the molecule is Cc1c(N2CC(CN)C(C(F)(F)F)C2)c(F)c(O)c2c(=O)[nH]c(=O)n(C3CC3)c12. The van der Waals surface area contributed by atoms with Crippen molar-refractivity contribution in [3.8, 4) is 5.75 Å². The largest absolute Gasteiger partial charge is 0.504 e. The van der Waals surface area contributed by atoms with E-state index in [0.29, 0.717) is 12.8 Å². The third kappa shape index (κ3) is 2.98. The van der Waals surface area contributed by atoms with Crippen LogP contribution in [0.2, 0.25) is 0 Å². The Bertz CT molecular complexity index is 1100. The number of nitrogens with zero attached hydrogens (tertiary/aromatic N) is 2. The van der Waals surface area contributed by atoms with Gasteiger partial charge in [-0.15, -0.1) is 0 Å². The van der Waals surface area contributed by atoms with Crippen molar-refractivity contribution in [1.82, 2.24) is 9.55 Å². The highest BCUT2D eigenvalue weighted by Gasteiger charge is 2.50. The molecular formula is C18H20F4N4O3. The molecule has 2 unspecified atom stereocenters. The van der Waals surface area contributed by atoms with Crippen LogP contribution in [0, 0.1) is 24.6 Å². The van der Waals surface area contributed by atoms with Crippen LogP contribution in [-0.4, -0.2) is 40.5 Å². The van der Waals surface area contributed by atoms with Crippen molar-refractivity contribution in [3.63, 3.8) is 0 Å². The van der Waals surface area contributed by atoms with Crippen LogP contribution in [0.1, 0.15) is 24.4 Å². The molecule has 1 saturated carbocycles. The zero-order valence-electron chi connectivity index (χ0n) is 15.5. The first kappa shape index (κ1) is 19.7. The molecule has 0 bridgehead atoms. The Morgan fingerprint density at radius 2 is 1.90 bits per heavy atom. The fraction of sp³-hybridized carbons (Fsp3) is 0.556. The van der Waals surface area contributed by atoms with Crippen LogP contribution in [0.3, 0.4) is 0 Å². The monoisotopic (exact) mass is 416 g/mol. The Kier molecular flexibility index (Phi) is 4.41. The number of aromatic nitrogens is 2. The van der Waals surface area contributed by atoms with Crippen LogP contribution in [0.4, 0.5) is 23.2 Å². The van der Waals surface area contributed by atoms with E-state index in [1.807, 2.05) is 0 Å². The zero-order valence-corrected chi connectivity index (χ0v) is 15.5. The molecule has 0 spiro atoms. The maximum absolute atomic E-state index is 15.1. The molecule has 4 N–H and O–H groups in total. The van der Waals surface area contributed by atoms with Crippen molar-refractivity contribution in [2.75, 3.05) is 24.5 Å². The van der Waals surface area contributed by atoms with Gasteiger partial charge >= 0.3 is 11.9 Å². The number of phenolic OH excluding ortho intramolecular Hbond substituents is 1. The number of alkyl halides is 3. The third-order valence-corrected chi connectivity index (χ3v) is 5.90. The molecule has 2 atom stereocenters. The predicted molar refractivity (Wildman–Crippen MR) is 97.8 cm³/mol. The first-order valence-corrected chi connectivity index (χ1v) is 9.27. The van der Waals surface area contributed by atoms with Crippen LogP contribution in [0.25, 0.3) is 10.9 Å². The summed E-state index contributed by atoms with van der Waals surface area (Å²) in [6, 6.07) is -0.212. The molecule has 0 amide bonds. The number of fused-ring (bicyclic) bond motifs is 1. The molecule has 29 heavy (non-hydrogen) atoms. The highest BCUT2D eigenvalue weighted by molar-refractivity contribution is 5.92. The van der Waals surface area contributed by atoms with Crippen LogP contribution in [0.15, 0.2) is 9.59 Å². The molecule has 2 heterocycles. The molecule has 1 aliphatic heterocycles. The second-order valence-corrected chi connectivity index (χ2v) is 7.77. The van der Waals surface area contributed by atoms with Gasteiger partial charge in [-0.2, -0.15) is 13.2 Å². The van der Waals surface area contributed by atoms with Gasteiger partial charge in [0.1, 0.15) is 5.39 Å². The molecule has 1 saturated heterocycles. The Labute approximate surface area is 161 Å². The molecule has 0 radical (unpaired) electrons. The number of rotatable bonds is 3. The van der Waals surface area contributed by atoms with E-state index in [9.17, 15) is 27.9 Å². The highest BCUT2D eigenvalue weighted by Crippen LogP contribution is 2.45. The minimum absolute atomic E-state index is 0.0508. The van der Waals surface area contributed by atoms with Crippen LogP contribution >= 0.6 is 0 Å². The summed E-state index contributed by atoms with van der Waals surface area (Å²) in [5.41, 5.74) is 3.83. The lowest BCUT2D eigenvalue weighted by molar-refractivity contribution is -0.178. The highest BCUT2D eigenvalue weighted by atomic mass is 19.4. The van der Waals surface area contributed by atoms with Crippen molar-refractivity contribution in [1.29, 1.82) is 0 Å². The maximum Gasteiger partial charge on any atom is 0.393 e. The maximum atomic E-state index is 15.1. The topological polar surface area (TPSA) is 104 Å². The van der Waals surface area contributed by atoms with Crippen LogP contribution < -0.4 is 21.9 Å². The Hall–Kier alpha value is -2.56. The van der Waals surface area contributed by atoms with E-state index in [1.165, 1.54) is 16.4 Å². The Balaban J connectivity index is 1.96. The molecule has 2 aliphatic rings. The zero-order chi connectivity index (χ0) is 21.2. The van der Waals surface area contributed by atoms with Gasteiger partial charge in [-0.05, 0) is 26.3 Å². The van der Waals surface area contributed by atoms with Gasteiger partial charge in [0.05, 0.1) is 17.1 Å². The fourth-order valence-corrected chi connectivity index (χ4v) is 4.36. The summed E-state index contributed by atoms with van der Waals surface area (Å²) >= 11 is 0. The smallest absolute Gasteiger partial charge is 0.393 e. The number of anilines is 1. The van der Waals surface area contributed by atoms with Gasteiger partial charge in [-0.25, -0.2) is 9.18 Å². The number of aromatic hydroxyl groups is 1. The number of H-pyrrole nitrogens is 1. The summed E-state index contributed by atoms with van der Waals surface area (Å²) in [7, 11) is 0. The molecule has 11 heteroatoms. The van der Waals surface area contributed by atoms with E-state index >= 15 is 4.39 Å². The molecule has 158 valence electrons. The molecule has 1 aromatic carbocycles. The van der Waals surface area contributed by atoms with E-state index in [1.54, 1.807) is 0 Å². The number of nitrogens with one attached hydrogen (secondary N) is 1. The lowest BCUT2D eigenvalue weighted by Gasteiger charge is -2.25. The number of benzene rings is 1. The summed E-state index contributed by atoms with van der Waals surface area (Å²) in [5, 5.41) is 10.0. The lowest BCUT2D eigenvalue weighted by Crippen LogP contribution is -2.33. The van der Waals surface area contributed by atoms with Crippen molar-refractivity contribution in [2.24, 2.45) is 17.6 Å². The van der Waals surface area contributed by atoms with E-state index in [-0.39, 0.29) is 41.3 Å². The van der Waals surface area contributed by atoms with Crippen molar-refractivity contribution in [2.45, 2.75) is 32.0 Å². The molecule has 2 aromatic rings. The van der Waals surface area contributed by atoms with Gasteiger partial charge < -0.3 is 15.7 Å². The van der Waals surface area contributed by atoms with Crippen LogP contribution in [-0.2, 0) is 0 Å². The normalized spacial score (nSPS) is 22.6. The quantitative estimate of drug-likeness (QED) is 0.662. The van der Waals surface area contributed by atoms with Crippen molar-refractivity contribution < 1.29 is 22.7 Å². The van der Waals surface area contributed by atoms with Crippen molar-refractivity contribution >= 4 is 16.6 Å². The van der Waals surface area contributed by atoms with E-state index in [4.69, 9.17) is 5.73 Å². The summed E-state index contributed by atoms with van der Waals surface area (Å²) in [5.74, 6) is -4.83. The predicted octanol–water partition coefficient (Wildman–Crippen LogP) is 1.75. The van der Waals surface area contributed by atoms with Gasteiger partial charge in [0.15, 0.2) is 11.6 Å². The van der Waals surface area contributed by atoms with E-state index in [2.05, 4.69) is 4.98 Å². The van der Waals surface area contributed by atoms with Crippen molar-refractivity contribution in [3.05, 3.63) is 32.2 Å². The molecule has 1 aliphatic carbocycles. The average molecular weight is 416 g/mol. The lowest BCUT2D eigenvalue weighted by atomic mass is 9.96. The molecule has 4 rings (SSSR count). The molecular weight excluding hydrogens is 396 g/mol. The van der Waals surface area contributed by atoms with Gasteiger partial charge in [0, 0.05) is 30.6 Å². The van der Waals surface area contributed by atoms with E-state index in [0.717, 1.165) is 0 Å². The van der Waals surface area contributed by atoms with Gasteiger partial charge in [0.25, 0.3) is 5.56 Å².